The van der Waals surface area contributed by atoms with E-state index in [4.69, 9.17) is 9.47 Å². The SMILES string of the molecule is CCOc1cc(C(=O)NCCCN2C(=O)CCC2=O)ccc1OCc1cccnc1. The van der Waals surface area contributed by atoms with Gasteiger partial charge < -0.3 is 14.8 Å². The smallest absolute Gasteiger partial charge is 0.251 e. The van der Waals surface area contributed by atoms with Crippen molar-refractivity contribution in [3.8, 4) is 11.5 Å². The molecule has 158 valence electrons. The Kier molecular flexibility index (Phi) is 7.37. The Morgan fingerprint density at radius 1 is 1.13 bits per heavy atom. The van der Waals surface area contributed by atoms with Crippen LogP contribution in [-0.2, 0) is 16.2 Å². The summed E-state index contributed by atoms with van der Waals surface area (Å²) in [7, 11) is 0. The average Bonchev–Trinajstić information content (AvgIpc) is 3.08. The van der Waals surface area contributed by atoms with Crippen LogP contribution >= 0.6 is 0 Å². The van der Waals surface area contributed by atoms with Gasteiger partial charge in [0.15, 0.2) is 11.5 Å². The fourth-order valence-corrected chi connectivity index (χ4v) is 3.09. The number of amides is 3. The van der Waals surface area contributed by atoms with Crippen molar-refractivity contribution >= 4 is 17.7 Å². The summed E-state index contributed by atoms with van der Waals surface area (Å²) >= 11 is 0. The van der Waals surface area contributed by atoms with E-state index in [1.807, 2.05) is 19.1 Å². The zero-order chi connectivity index (χ0) is 21.3. The van der Waals surface area contributed by atoms with Crippen LogP contribution in [0.15, 0.2) is 42.7 Å². The lowest BCUT2D eigenvalue weighted by atomic mass is 10.2. The lowest BCUT2D eigenvalue weighted by Gasteiger charge is -2.15. The predicted octanol–water partition coefficient (Wildman–Crippen LogP) is 2.33. The molecule has 1 aromatic heterocycles. The molecule has 0 bridgehead atoms. The highest BCUT2D eigenvalue weighted by molar-refractivity contribution is 6.01. The third-order valence-electron chi connectivity index (χ3n) is 4.62. The number of nitrogens with one attached hydrogen (secondary N) is 1. The van der Waals surface area contributed by atoms with Crippen LogP contribution in [0.4, 0.5) is 0 Å². The van der Waals surface area contributed by atoms with E-state index in [-0.39, 0.29) is 30.6 Å². The van der Waals surface area contributed by atoms with Crippen LogP contribution in [0, 0.1) is 0 Å². The lowest BCUT2D eigenvalue weighted by Crippen LogP contribution is -2.33. The number of likely N-dealkylation sites (tertiary alicyclic amines) is 1. The number of imide groups is 1. The minimum atomic E-state index is -0.256. The summed E-state index contributed by atoms with van der Waals surface area (Å²) in [5.74, 6) is 0.489. The average molecular weight is 411 g/mol. The van der Waals surface area contributed by atoms with Crippen molar-refractivity contribution in [2.24, 2.45) is 0 Å². The minimum Gasteiger partial charge on any atom is -0.490 e. The van der Waals surface area contributed by atoms with E-state index < -0.39 is 0 Å². The molecule has 0 aliphatic carbocycles. The summed E-state index contributed by atoms with van der Waals surface area (Å²) in [4.78, 5) is 41.0. The van der Waals surface area contributed by atoms with Crippen LogP contribution in [0.3, 0.4) is 0 Å². The Labute approximate surface area is 175 Å². The molecular formula is C22H25N3O5. The fraction of sp³-hybridized carbons (Fsp3) is 0.364. The molecule has 0 atom stereocenters. The van der Waals surface area contributed by atoms with Crippen LogP contribution in [0.2, 0.25) is 0 Å². The Morgan fingerprint density at radius 2 is 1.93 bits per heavy atom. The molecule has 8 heteroatoms. The molecule has 8 nitrogen and oxygen atoms in total. The second kappa shape index (κ2) is 10.4. The number of pyridine rings is 1. The lowest BCUT2D eigenvalue weighted by molar-refractivity contribution is -0.138. The van der Waals surface area contributed by atoms with Crippen LogP contribution in [0.1, 0.15) is 42.1 Å². The molecule has 0 spiro atoms. The van der Waals surface area contributed by atoms with Crippen molar-refractivity contribution in [1.82, 2.24) is 15.2 Å². The molecule has 30 heavy (non-hydrogen) atoms. The number of benzene rings is 1. The van der Waals surface area contributed by atoms with E-state index in [0.717, 1.165) is 5.56 Å². The maximum atomic E-state index is 12.5. The number of rotatable bonds is 10. The first-order valence-electron chi connectivity index (χ1n) is 9.98. The minimum absolute atomic E-state index is 0.144. The van der Waals surface area contributed by atoms with Crippen molar-refractivity contribution in [3.63, 3.8) is 0 Å². The van der Waals surface area contributed by atoms with Crippen molar-refractivity contribution in [2.45, 2.75) is 32.8 Å². The molecule has 1 fully saturated rings. The molecule has 1 saturated heterocycles. The summed E-state index contributed by atoms with van der Waals surface area (Å²) in [6, 6.07) is 8.77. The first-order chi connectivity index (χ1) is 14.6. The monoisotopic (exact) mass is 411 g/mol. The van der Waals surface area contributed by atoms with Crippen molar-refractivity contribution in [1.29, 1.82) is 0 Å². The molecule has 1 aromatic carbocycles. The number of carbonyl (C=O) groups is 3. The van der Waals surface area contributed by atoms with Crippen molar-refractivity contribution in [2.75, 3.05) is 19.7 Å². The zero-order valence-corrected chi connectivity index (χ0v) is 16.9. The van der Waals surface area contributed by atoms with Gasteiger partial charge in [-0.2, -0.15) is 0 Å². The summed E-state index contributed by atoms with van der Waals surface area (Å²) in [6.45, 7) is 3.32. The molecule has 1 aliphatic heterocycles. The zero-order valence-electron chi connectivity index (χ0n) is 16.9. The van der Waals surface area contributed by atoms with Crippen molar-refractivity contribution < 1.29 is 23.9 Å². The molecule has 3 amide bonds. The highest BCUT2D eigenvalue weighted by Gasteiger charge is 2.27. The number of hydrogen-bond acceptors (Lipinski definition) is 6. The van der Waals surface area contributed by atoms with Gasteiger partial charge in [0.2, 0.25) is 11.8 Å². The van der Waals surface area contributed by atoms with E-state index in [2.05, 4.69) is 10.3 Å². The summed E-state index contributed by atoms with van der Waals surface area (Å²) in [6.07, 6.45) is 4.49. The summed E-state index contributed by atoms with van der Waals surface area (Å²) < 4.78 is 11.5. The van der Waals surface area contributed by atoms with Crippen LogP contribution in [-0.4, -0.2) is 47.3 Å². The molecule has 0 radical (unpaired) electrons. The topological polar surface area (TPSA) is 97.8 Å². The quantitative estimate of drug-likeness (QED) is 0.476. The predicted molar refractivity (Wildman–Crippen MR) is 109 cm³/mol. The van der Waals surface area contributed by atoms with Gasteiger partial charge in [0.1, 0.15) is 6.61 Å². The first kappa shape index (κ1) is 21.3. The number of carbonyl (C=O) groups excluding carboxylic acids is 3. The molecular weight excluding hydrogens is 386 g/mol. The third-order valence-corrected chi connectivity index (χ3v) is 4.62. The largest absolute Gasteiger partial charge is 0.490 e. The second-order valence-corrected chi connectivity index (χ2v) is 6.79. The Morgan fingerprint density at radius 3 is 2.63 bits per heavy atom. The summed E-state index contributed by atoms with van der Waals surface area (Å²) in [5.41, 5.74) is 1.37. The first-order valence-corrected chi connectivity index (χ1v) is 9.98. The van der Waals surface area contributed by atoms with Gasteiger partial charge in [-0.05, 0) is 37.6 Å². The Hall–Kier alpha value is -3.42. The maximum absolute atomic E-state index is 12.5. The van der Waals surface area contributed by atoms with Gasteiger partial charge in [0.05, 0.1) is 6.61 Å². The van der Waals surface area contributed by atoms with Gasteiger partial charge in [0.25, 0.3) is 5.91 Å². The highest BCUT2D eigenvalue weighted by Crippen LogP contribution is 2.29. The molecule has 1 aliphatic rings. The van der Waals surface area contributed by atoms with E-state index in [1.54, 1.807) is 30.6 Å². The van der Waals surface area contributed by atoms with Crippen LogP contribution < -0.4 is 14.8 Å². The molecule has 0 saturated carbocycles. The van der Waals surface area contributed by atoms with Crippen LogP contribution in [0.25, 0.3) is 0 Å². The number of ether oxygens (including phenoxy) is 2. The number of aromatic nitrogens is 1. The Balaban J connectivity index is 1.54. The van der Waals surface area contributed by atoms with Crippen molar-refractivity contribution in [3.05, 3.63) is 53.9 Å². The Bertz CT molecular complexity index is 885. The molecule has 1 N–H and O–H groups in total. The van der Waals surface area contributed by atoms with Gasteiger partial charge in [0, 0.05) is 49.5 Å². The van der Waals surface area contributed by atoms with Gasteiger partial charge in [-0.25, -0.2) is 0 Å². The number of hydrogen-bond donors (Lipinski definition) is 1. The van der Waals surface area contributed by atoms with E-state index >= 15 is 0 Å². The normalized spacial score (nSPS) is 13.4. The molecule has 3 rings (SSSR count). The van der Waals surface area contributed by atoms with E-state index in [9.17, 15) is 14.4 Å². The van der Waals surface area contributed by atoms with Gasteiger partial charge in [-0.1, -0.05) is 6.07 Å². The number of nitrogens with zero attached hydrogens (tertiary/aromatic N) is 2. The van der Waals surface area contributed by atoms with E-state index in [1.165, 1.54) is 4.90 Å². The summed E-state index contributed by atoms with van der Waals surface area (Å²) in [5, 5.41) is 2.81. The molecule has 0 unspecified atom stereocenters. The van der Waals surface area contributed by atoms with Gasteiger partial charge in [-0.3, -0.25) is 24.3 Å². The second-order valence-electron chi connectivity index (χ2n) is 6.79. The van der Waals surface area contributed by atoms with Crippen LogP contribution in [0.5, 0.6) is 11.5 Å². The molecule has 2 aromatic rings. The maximum Gasteiger partial charge on any atom is 0.251 e. The van der Waals surface area contributed by atoms with Gasteiger partial charge in [-0.15, -0.1) is 0 Å². The highest BCUT2D eigenvalue weighted by atomic mass is 16.5. The molecule has 2 heterocycles. The fourth-order valence-electron chi connectivity index (χ4n) is 3.09. The van der Waals surface area contributed by atoms with E-state index in [0.29, 0.717) is 49.8 Å². The third kappa shape index (κ3) is 5.56. The standard InChI is InChI=1S/C22H25N3O5/c1-2-29-19-13-17(6-7-18(19)30-15-16-5-3-10-23-14-16)22(28)24-11-4-12-25-20(26)8-9-21(25)27/h3,5-7,10,13-14H,2,4,8-9,11-12,15H2,1H3,(H,24,28). The van der Waals surface area contributed by atoms with Gasteiger partial charge >= 0.3 is 0 Å².